The standard InChI is InChI=1S/C24H28N4O4S2/c1-17-3-8-21-22(18(17)2)25-24(33-21)27-11-9-26(10-12-27)23(29)19-4-6-20(7-5-19)34(30,31)28-13-15-32-16-14-28/h3-8H,9-16H2,1-2H3. The molecule has 2 fully saturated rings. The Hall–Kier alpha value is -2.53. The Morgan fingerprint density at radius 2 is 1.62 bits per heavy atom. The third kappa shape index (κ3) is 4.31. The van der Waals surface area contributed by atoms with Crippen molar-refractivity contribution in [1.29, 1.82) is 0 Å². The van der Waals surface area contributed by atoms with Gasteiger partial charge in [0.15, 0.2) is 5.13 Å². The quantitative estimate of drug-likeness (QED) is 0.548. The number of amides is 1. The lowest BCUT2D eigenvalue weighted by molar-refractivity contribution is 0.0730. The number of carbonyl (C=O) groups excluding carboxylic acids is 1. The number of hydrogen-bond acceptors (Lipinski definition) is 7. The highest BCUT2D eigenvalue weighted by Crippen LogP contribution is 2.32. The van der Waals surface area contributed by atoms with Crippen LogP contribution in [0.1, 0.15) is 21.5 Å². The summed E-state index contributed by atoms with van der Waals surface area (Å²) in [6, 6.07) is 10.5. The van der Waals surface area contributed by atoms with Gasteiger partial charge >= 0.3 is 0 Å². The van der Waals surface area contributed by atoms with Gasteiger partial charge in [0.25, 0.3) is 5.91 Å². The largest absolute Gasteiger partial charge is 0.379 e. The molecule has 3 aromatic rings. The number of morpholine rings is 1. The monoisotopic (exact) mass is 500 g/mol. The number of aryl methyl sites for hydroxylation is 2. The normalized spacial score (nSPS) is 17.9. The molecule has 2 aliphatic rings. The molecule has 2 aromatic carbocycles. The summed E-state index contributed by atoms with van der Waals surface area (Å²) < 4.78 is 33.5. The van der Waals surface area contributed by atoms with E-state index in [0.29, 0.717) is 58.0 Å². The summed E-state index contributed by atoms with van der Waals surface area (Å²) in [7, 11) is -3.57. The van der Waals surface area contributed by atoms with Gasteiger partial charge in [-0.2, -0.15) is 4.31 Å². The van der Waals surface area contributed by atoms with E-state index in [1.54, 1.807) is 23.5 Å². The molecule has 0 saturated carbocycles. The van der Waals surface area contributed by atoms with Crippen molar-refractivity contribution in [1.82, 2.24) is 14.2 Å². The third-order valence-corrected chi connectivity index (χ3v) is 9.61. The number of piperazine rings is 1. The maximum absolute atomic E-state index is 13.0. The number of anilines is 1. The molecule has 0 radical (unpaired) electrons. The number of rotatable bonds is 4. The van der Waals surface area contributed by atoms with Gasteiger partial charge in [0.05, 0.1) is 28.3 Å². The highest BCUT2D eigenvalue weighted by atomic mass is 32.2. The van der Waals surface area contributed by atoms with Crippen molar-refractivity contribution in [3.8, 4) is 0 Å². The molecule has 34 heavy (non-hydrogen) atoms. The molecular formula is C24H28N4O4S2. The second-order valence-corrected chi connectivity index (χ2v) is 11.6. The van der Waals surface area contributed by atoms with Crippen molar-refractivity contribution in [3.05, 3.63) is 53.1 Å². The number of aromatic nitrogens is 1. The SMILES string of the molecule is Cc1ccc2sc(N3CCN(C(=O)c4ccc(S(=O)(=O)N5CCOCC5)cc4)CC3)nc2c1C. The van der Waals surface area contributed by atoms with E-state index in [1.165, 1.54) is 32.3 Å². The molecule has 1 amide bonds. The predicted octanol–water partition coefficient (Wildman–Crippen LogP) is 2.90. The number of hydrogen-bond donors (Lipinski definition) is 0. The highest BCUT2D eigenvalue weighted by Gasteiger charge is 2.28. The average Bonchev–Trinajstić information content (AvgIpc) is 3.32. The summed E-state index contributed by atoms with van der Waals surface area (Å²) in [6.45, 7) is 8.33. The van der Waals surface area contributed by atoms with E-state index in [1.807, 2.05) is 4.90 Å². The van der Waals surface area contributed by atoms with Crippen LogP contribution in [-0.4, -0.2) is 81.0 Å². The molecule has 1 aromatic heterocycles. The first-order valence-electron chi connectivity index (χ1n) is 11.4. The van der Waals surface area contributed by atoms with Gasteiger partial charge in [0.1, 0.15) is 0 Å². The topological polar surface area (TPSA) is 83.1 Å². The molecule has 2 saturated heterocycles. The van der Waals surface area contributed by atoms with Gasteiger partial charge in [-0.3, -0.25) is 4.79 Å². The van der Waals surface area contributed by atoms with Crippen molar-refractivity contribution < 1.29 is 17.9 Å². The van der Waals surface area contributed by atoms with Crippen LogP contribution < -0.4 is 4.90 Å². The van der Waals surface area contributed by atoms with E-state index in [4.69, 9.17) is 9.72 Å². The first kappa shape index (κ1) is 23.2. The molecule has 0 aliphatic carbocycles. The Morgan fingerprint density at radius 3 is 2.29 bits per heavy atom. The van der Waals surface area contributed by atoms with Crippen LogP contribution in [0.4, 0.5) is 5.13 Å². The van der Waals surface area contributed by atoms with Crippen LogP contribution in [0.5, 0.6) is 0 Å². The van der Waals surface area contributed by atoms with Gasteiger partial charge in [0.2, 0.25) is 10.0 Å². The maximum Gasteiger partial charge on any atom is 0.253 e. The zero-order chi connectivity index (χ0) is 23.9. The van der Waals surface area contributed by atoms with E-state index in [2.05, 4.69) is 30.9 Å². The minimum absolute atomic E-state index is 0.0780. The van der Waals surface area contributed by atoms with E-state index in [-0.39, 0.29) is 10.8 Å². The van der Waals surface area contributed by atoms with Crippen LogP contribution in [0.3, 0.4) is 0 Å². The fourth-order valence-corrected chi connectivity index (χ4v) is 6.82. The number of ether oxygens (including phenoxy) is 1. The van der Waals surface area contributed by atoms with E-state index >= 15 is 0 Å². The smallest absolute Gasteiger partial charge is 0.253 e. The van der Waals surface area contributed by atoms with Crippen LogP contribution in [-0.2, 0) is 14.8 Å². The first-order chi connectivity index (χ1) is 16.3. The number of carbonyl (C=O) groups is 1. The first-order valence-corrected chi connectivity index (χ1v) is 13.7. The van der Waals surface area contributed by atoms with Crippen molar-refractivity contribution in [2.45, 2.75) is 18.7 Å². The average molecular weight is 501 g/mol. The summed E-state index contributed by atoms with van der Waals surface area (Å²) >= 11 is 1.69. The lowest BCUT2D eigenvalue weighted by Gasteiger charge is -2.34. The summed E-state index contributed by atoms with van der Waals surface area (Å²) in [4.78, 5) is 22.2. The van der Waals surface area contributed by atoms with Crippen LogP contribution in [0.25, 0.3) is 10.2 Å². The van der Waals surface area contributed by atoms with Crippen LogP contribution >= 0.6 is 11.3 Å². The second-order valence-electron chi connectivity index (χ2n) is 8.67. The minimum atomic E-state index is -3.57. The summed E-state index contributed by atoms with van der Waals surface area (Å²) in [6.07, 6.45) is 0. The summed E-state index contributed by atoms with van der Waals surface area (Å²) in [5.41, 5.74) is 4.02. The van der Waals surface area contributed by atoms with Gasteiger partial charge in [-0.25, -0.2) is 13.4 Å². The zero-order valence-electron chi connectivity index (χ0n) is 19.4. The van der Waals surface area contributed by atoms with Gasteiger partial charge < -0.3 is 14.5 Å². The molecule has 0 bridgehead atoms. The molecule has 0 N–H and O–H groups in total. The molecule has 10 heteroatoms. The van der Waals surface area contributed by atoms with E-state index in [9.17, 15) is 13.2 Å². The van der Waals surface area contributed by atoms with E-state index < -0.39 is 10.0 Å². The molecule has 0 atom stereocenters. The van der Waals surface area contributed by atoms with Gasteiger partial charge in [-0.15, -0.1) is 0 Å². The molecule has 0 spiro atoms. The fourth-order valence-electron chi connectivity index (χ4n) is 4.34. The fraction of sp³-hybridized carbons (Fsp3) is 0.417. The van der Waals surface area contributed by atoms with Crippen molar-refractivity contribution in [2.24, 2.45) is 0 Å². The number of thiazole rings is 1. The minimum Gasteiger partial charge on any atom is -0.379 e. The second kappa shape index (κ2) is 9.26. The van der Waals surface area contributed by atoms with Crippen LogP contribution in [0.15, 0.2) is 41.3 Å². The third-order valence-electron chi connectivity index (χ3n) is 6.62. The van der Waals surface area contributed by atoms with Crippen molar-refractivity contribution >= 4 is 42.6 Å². The van der Waals surface area contributed by atoms with Crippen molar-refractivity contribution in [3.63, 3.8) is 0 Å². The number of sulfonamides is 1. The Balaban J connectivity index is 1.24. The Kier molecular flexibility index (Phi) is 6.32. The maximum atomic E-state index is 13.0. The zero-order valence-corrected chi connectivity index (χ0v) is 21.0. The molecular weight excluding hydrogens is 472 g/mol. The molecule has 2 aliphatic heterocycles. The molecule has 8 nitrogen and oxygen atoms in total. The lowest BCUT2D eigenvalue weighted by atomic mass is 10.1. The number of fused-ring (bicyclic) bond motifs is 1. The Bertz CT molecular complexity index is 1310. The number of nitrogens with zero attached hydrogens (tertiary/aromatic N) is 4. The molecule has 5 rings (SSSR count). The van der Waals surface area contributed by atoms with Crippen molar-refractivity contribution in [2.75, 3.05) is 57.4 Å². The summed E-state index contributed by atoms with van der Waals surface area (Å²) in [5, 5.41) is 0.994. The molecule has 0 unspecified atom stereocenters. The highest BCUT2D eigenvalue weighted by molar-refractivity contribution is 7.89. The number of benzene rings is 2. The van der Waals surface area contributed by atoms with Crippen LogP contribution in [0, 0.1) is 13.8 Å². The summed E-state index contributed by atoms with van der Waals surface area (Å²) in [5.74, 6) is -0.0780. The van der Waals surface area contributed by atoms with E-state index in [0.717, 1.165) is 10.6 Å². The Morgan fingerprint density at radius 1 is 0.941 bits per heavy atom. The lowest BCUT2D eigenvalue weighted by Crippen LogP contribution is -2.48. The van der Waals surface area contributed by atoms with Gasteiger partial charge in [0, 0.05) is 44.8 Å². The predicted molar refractivity (Wildman–Crippen MR) is 133 cm³/mol. The van der Waals surface area contributed by atoms with Crippen LogP contribution in [0.2, 0.25) is 0 Å². The Labute approximate surface area is 203 Å². The van der Waals surface area contributed by atoms with Gasteiger partial charge in [-0.05, 0) is 55.3 Å². The molecule has 180 valence electrons. The van der Waals surface area contributed by atoms with Gasteiger partial charge in [-0.1, -0.05) is 17.4 Å². The molecule has 3 heterocycles.